The van der Waals surface area contributed by atoms with E-state index in [2.05, 4.69) is 4.72 Å². The number of phenols is 1. The topological polar surface area (TPSA) is 101 Å². The number of nitrogens with one attached hydrogen (secondary N) is 1. The van der Waals surface area contributed by atoms with Gasteiger partial charge in [-0.05, 0) is 30.3 Å². The van der Waals surface area contributed by atoms with Crippen LogP contribution in [0.4, 0.5) is 5.69 Å². The first-order valence-electron chi connectivity index (χ1n) is 5.81. The Balaban J connectivity index is 2.45. The zero-order valence-corrected chi connectivity index (χ0v) is 12.6. The fourth-order valence-corrected chi connectivity index (χ4v) is 3.36. The minimum Gasteiger partial charge on any atom is -0.506 e. The van der Waals surface area contributed by atoms with Gasteiger partial charge >= 0.3 is 0 Å². The predicted molar refractivity (Wildman–Crippen MR) is 78.5 cm³/mol. The number of sulfonamides is 1. The Labute approximate surface area is 123 Å². The predicted octanol–water partition coefficient (Wildman–Crippen LogP) is 1.60. The summed E-state index contributed by atoms with van der Waals surface area (Å²) < 4.78 is 49.4. The van der Waals surface area contributed by atoms with Gasteiger partial charge in [0.1, 0.15) is 5.75 Å². The van der Waals surface area contributed by atoms with Crippen LogP contribution in [0.5, 0.6) is 5.75 Å². The van der Waals surface area contributed by atoms with Crippen molar-refractivity contribution in [3.8, 4) is 5.75 Å². The van der Waals surface area contributed by atoms with Gasteiger partial charge in [0.05, 0.1) is 15.5 Å². The van der Waals surface area contributed by atoms with Crippen molar-refractivity contribution < 1.29 is 21.9 Å². The van der Waals surface area contributed by atoms with E-state index in [4.69, 9.17) is 0 Å². The van der Waals surface area contributed by atoms with Crippen LogP contribution in [0.15, 0.2) is 58.3 Å². The molecule has 6 nitrogen and oxygen atoms in total. The van der Waals surface area contributed by atoms with E-state index < -0.39 is 19.9 Å². The summed E-state index contributed by atoms with van der Waals surface area (Å²) >= 11 is 0. The summed E-state index contributed by atoms with van der Waals surface area (Å²) in [6, 6.07) is 11.0. The molecule has 0 radical (unpaired) electrons. The first-order chi connectivity index (χ1) is 9.70. The van der Waals surface area contributed by atoms with Crippen LogP contribution in [0.25, 0.3) is 0 Å². The van der Waals surface area contributed by atoms with Crippen LogP contribution in [0, 0.1) is 0 Å². The zero-order chi connectivity index (χ0) is 15.7. The minimum atomic E-state index is -3.90. The normalized spacial score (nSPS) is 12.0. The van der Waals surface area contributed by atoms with E-state index >= 15 is 0 Å². The van der Waals surface area contributed by atoms with Gasteiger partial charge in [-0.1, -0.05) is 18.2 Å². The van der Waals surface area contributed by atoms with Gasteiger partial charge in [-0.25, -0.2) is 16.8 Å². The molecule has 0 unspecified atom stereocenters. The molecule has 2 N–H and O–H groups in total. The van der Waals surface area contributed by atoms with Crippen molar-refractivity contribution in [2.75, 3.05) is 11.0 Å². The second-order valence-corrected chi connectivity index (χ2v) is 8.07. The molecular weight excluding hydrogens is 314 g/mol. The van der Waals surface area contributed by atoms with Crippen molar-refractivity contribution in [3.63, 3.8) is 0 Å². The number of aromatic hydroxyl groups is 1. The van der Waals surface area contributed by atoms with Crippen molar-refractivity contribution in [3.05, 3.63) is 48.5 Å². The molecule has 0 spiro atoms. The van der Waals surface area contributed by atoms with Gasteiger partial charge in [0.2, 0.25) is 0 Å². The summed E-state index contributed by atoms with van der Waals surface area (Å²) in [5.74, 6) is -0.359. The number of phenolic OH excluding ortho intramolecular Hbond substituents is 1. The van der Waals surface area contributed by atoms with Gasteiger partial charge in [-0.15, -0.1) is 0 Å². The van der Waals surface area contributed by atoms with E-state index in [1.807, 2.05) is 0 Å². The summed E-state index contributed by atoms with van der Waals surface area (Å²) in [4.78, 5) is -0.0831. The van der Waals surface area contributed by atoms with Gasteiger partial charge in [0.25, 0.3) is 10.0 Å². The van der Waals surface area contributed by atoms with Gasteiger partial charge in [0.15, 0.2) is 9.84 Å². The molecule has 0 saturated carbocycles. The Kier molecular flexibility index (Phi) is 3.93. The highest BCUT2D eigenvalue weighted by Crippen LogP contribution is 2.28. The molecule has 0 aliphatic rings. The Morgan fingerprint density at radius 2 is 1.52 bits per heavy atom. The van der Waals surface area contributed by atoms with E-state index in [-0.39, 0.29) is 21.2 Å². The Morgan fingerprint density at radius 3 is 2.10 bits per heavy atom. The largest absolute Gasteiger partial charge is 0.506 e. The van der Waals surface area contributed by atoms with Crippen LogP contribution in [-0.2, 0) is 19.9 Å². The number of rotatable bonds is 4. The highest BCUT2D eigenvalue weighted by molar-refractivity contribution is 7.92. The van der Waals surface area contributed by atoms with Gasteiger partial charge in [-0.2, -0.15) is 0 Å². The maximum atomic E-state index is 12.1. The van der Waals surface area contributed by atoms with Crippen LogP contribution in [0.1, 0.15) is 0 Å². The molecular formula is C13H13NO5S2. The molecule has 0 aromatic heterocycles. The number of sulfone groups is 1. The maximum Gasteiger partial charge on any atom is 0.262 e. The molecule has 8 heteroatoms. The smallest absolute Gasteiger partial charge is 0.262 e. The first kappa shape index (κ1) is 15.3. The van der Waals surface area contributed by atoms with E-state index in [0.29, 0.717) is 0 Å². The molecule has 112 valence electrons. The number of hydrogen-bond acceptors (Lipinski definition) is 5. The summed E-state index contributed by atoms with van der Waals surface area (Å²) in [5, 5.41) is 9.69. The van der Waals surface area contributed by atoms with E-state index in [1.54, 1.807) is 18.2 Å². The van der Waals surface area contributed by atoms with Gasteiger partial charge in [0, 0.05) is 6.26 Å². The molecule has 21 heavy (non-hydrogen) atoms. The Bertz CT molecular complexity index is 859. The van der Waals surface area contributed by atoms with Crippen molar-refractivity contribution in [2.45, 2.75) is 9.79 Å². The molecule has 0 bridgehead atoms. The fourth-order valence-electron chi connectivity index (χ4n) is 1.63. The summed E-state index contributed by atoms with van der Waals surface area (Å²) in [7, 11) is -7.41. The SMILES string of the molecule is CS(=O)(=O)c1ccc(O)c(NS(=O)(=O)c2ccccc2)c1. The molecule has 0 fully saturated rings. The third-order valence-electron chi connectivity index (χ3n) is 2.69. The minimum absolute atomic E-state index is 0.00848. The second kappa shape index (κ2) is 5.38. The highest BCUT2D eigenvalue weighted by Gasteiger charge is 2.17. The third kappa shape index (κ3) is 3.53. The highest BCUT2D eigenvalue weighted by atomic mass is 32.2. The molecule has 0 amide bonds. The van der Waals surface area contributed by atoms with Crippen LogP contribution in [0.3, 0.4) is 0 Å². The summed E-state index contributed by atoms with van der Waals surface area (Å²) in [6.45, 7) is 0. The average molecular weight is 327 g/mol. The van der Waals surface area contributed by atoms with E-state index in [1.165, 1.54) is 18.2 Å². The molecule has 2 aromatic carbocycles. The second-order valence-electron chi connectivity index (χ2n) is 4.37. The van der Waals surface area contributed by atoms with Crippen LogP contribution < -0.4 is 4.72 Å². The lowest BCUT2D eigenvalue weighted by molar-refractivity contribution is 0.477. The van der Waals surface area contributed by atoms with Crippen LogP contribution in [-0.4, -0.2) is 28.2 Å². The lowest BCUT2D eigenvalue weighted by atomic mass is 10.3. The maximum absolute atomic E-state index is 12.1. The standard InChI is InChI=1S/C13H13NO5S2/c1-20(16,17)11-7-8-13(15)12(9-11)14-21(18,19)10-5-3-2-4-6-10/h2-9,14-15H,1H3. The average Bonchev–Trinajstić information content (AvgIpc) is 2.41. The first-order valence-corrected chi connectivity index (χ1v) is 9.18. The molecule has 0 heterocycles. The monoisotopic (exact) mass is 327 g/mol. The Morgan fingerprint density at radius 1 is 0.905 bits per heavy atom. The lowest BCUT2D eigenvalue weighted by Gasteiger charge is -2.10. The fraction of sp³-hybridized carbons (Fsp3) is 0.0769. The van der Waals surface area contributed by atoms with Crippen molar-refractivity contribution in [1.82, 2.24) is 0 Å². The Hall–Kier alpha value is -2.06. The van der Waals surface area contributed by atoms with Crippen LogP contribution in [0.2, 0.25) is 0 Å². The molecule has 2 aromatic rings. The number of hydrogen-bond donors (Lipinski definition) is 2. The van der Waals surface area contributed by atoms with Crippen molar-refractivity contribution in [1.29, 1.82) is 0 Å². The van der Waals surface area contributed by atoms with Crippen molar-refractivity contribution in [2.24, 2.45) is 0 Å². The molecule has 0 aliphatic carbocycles. The van der Waals surface area contributed by atoms with Gasteiger partial charge < -0.3 is 5.11 Å². The van der Waals surface area contributed by atoms with E-state index in [9.17, 15) is 21.9 Å². The third-order valence-corrected chi connectivity index (χ3v) is 5.19. The molecule has 0 atom stereocenters. The number of benzene rings is 2. The van der Waals surface area contributed by atoms with Crippen LogP contribution >= 0.6 is 0 Å². The summed E-state index contributed by atoms with van der Waals surface area (Å²) in [6.07, 6.45) is 0.995. The molecule has 2 rings (SSSR count). The van der Waals surface area contributed by atoms with Crippen molar-refractivity contribution >= 4 is 25.5 Å². The van der Waals surface area contributed by atoms with Gasteiger partial charge in [-0.3, -0.25) is 4.72 Å². The molecule has 0 aliphatic heterocycles. The lowest BCUT2D eigenvalue weighted by Crippen LogP contribution is -2.13. The quantitative estimate of drug-likeness (QED) is 0.831. The van der Waals surface area contributed by atoms with E-state index in [0.717, 1.165) is 18.4 Å². The zero-order valence-electron chi connectivity index (χ0n) is 11.0. The molecule has 0 saturated heterocycles. The summed E-state index contributed by atoms with van der Waals surface area (Å²) in [5.41, 5.74) is -0.193. The number of anilines is 1.